The van der Waals surface area contributed by atoms with Crippen LogP contribution >= 0.6 is 8.69 Å². The first-order valence-electron chi connectivity index (χ1n) is 0.534. The molecule has 0 aliphatic rings. The van der Waals surface area contributed by atoms with Crippen LogP contribution in [0.3, 0.4) is 0 Å². The largest absolute Gasteiger partial charge is 2.00 e. The fourth-order valence-electron chi connectivity index (χ4n) is 0. The van der Waals surface area contributed by atoms with Gasteiger partial charge >= 0.3 is 19.5 Å². The molecular formula is FO2PZn. The summed E-state index contributed by atoms with van der Waals surface area (Å²) in [6.07, 6.45) is 0. The van der Waals surface area contributed by atoms with Gasteiger partial charge in [-0.3, -0.25) is 4.20 Å². The summed E-state index contributed by atoms with van der Waals surface area (Å²) in [4.78, 5) is 16.7. The molecule has 5 heavy (non-hydrogen) atoms. The van der Waals surface area contributed by atoms with Crippen molar-refractivity contribution < 1.29 is 33.5 Å². The maximum Gasteiger partial charge on any atom is 2.00 e. The van der Waals surface area contributed by atoms with E-state index in [0.29, 0.717) is 0 Å². The molecular weight excluding hydrogens is 147 g/mol. The van der Waals surface area contributed by atoms with Gasteiger partial charge in [0.25, 0.3) is 0 Å². The van der Waals surface area contributed by atoms with E-state index in [0.717, 1.165) is 0 Å². The SMILES string of the molecule is [O-]P([O-])F.[Zn+2]. The second kappa shape index (κ2) is 4.90. The van der Waals surface area contributed by atoms with Crippen molar-refractivity contribution in [3.05, 3.63) is 0 Å². The van der Waals surface area contributed by atoms with Crippen molar-refractivity contribution in [1.29, 1.82) is 0 Å². The molecule has 0 aromatic heterocycles. The van der Waals surface area contributed by atoms with E-state index in [1.165, 1.54) is 0 Å². The summed E-state index contributed by atoms with van der Waals surface area (Å²) in [7, 11) is -3.62. The fraction of sp³-hybridized carbons (Fsp3) is 0. The van der Waals surface area contributed by atoms with Crippen LogP contribution in [0.15, 0.2) is 0 Å². The Morgan fingerprint density at radius 2 is 1.40 bits per heavy atom. The van der Waals surface area contributed by atoms with Crippen LogP contribution in [-0.4, -0.2) is 0 Å². The maximum absolute atomic E-state index is 9.95. The molecule has 0 aliphatic carbocycles. The molecule has 0 aromatic carbocycles. The quantitative estimate of drug-likeness (QED) is 0.323. The standard InChI is InChI=1S/FO2P.Zn/c1-4(2)3;/q-2;+2. The van der Waals surface area contributed by atoms with Crippen molar-refractivity contribution >= 4 is 8.69 Å². The van der Waals surface area contributed by atoms with Gasteiger partial charge < -0.3 is 9.79 Å². The predicted molar refractivity (Wildman–Crippen MR) is 8.03 cm³/mol. The van der Waals surface area contributed by atoms with Crippen molar-refractivity contribution in [3.8, 4) is 0 Å². The Labute approximate surface area is 42.8 Å². The van der Waals surface area contributed by atoms with Gasteiger partial charge in [0.05, 0.1) is 0 Å². The van der Waals surface area contributed by atoms with Crippen LogP contribution in [0.5, 0.6) is 0 Å². The van der Waals surface area contributed by atoms with Gasteiger partial charge in [0.2, 0.25) is 0 Å². The van der Waals surface area contributed by atoms with Gasteiger partial charge in [-0.15, -0.1) is 8.69 Å². The first-order valence-corrected chi connectivity index (χ1v) is 1.60. The summed E-state index contributed by atoms with van der Waals surface area (Å²) in [6.45, 7) is 0. The Bertz CT molecular complexity index is 14.4. The average Bonchev–Trinajstić information content (AvgIpc) is 0.811. The van der Waals surface area contributed by atoms with E-state index in [2.05, 4.69) is 0 Å². The molecule has 0 fully saturated rings. The Morgan fingerprint density at radius 1 is 1.40 bits per heavy atom. The third-order valence-corrected chi connectivity index (χ3v) is 0. The molecule has 0 rings (SSSR count). The molecule has 5 heteroatoms. The summed E-state index contributed by atoms with van der Waals surface area (Å²) in [5.41, 5.74) is 0. The van der Waals surface area contributed by atoms with Crippen LogP contribution in [0, 0.1) is 0 Å². The van der Waals surface area contributed by atoms with Crippen LogP contribution in [0.1, 0.15) is 0 Å². The third-order valence-electron chi connectivity index (χ3n) is 0. The number of halogens is 1. The minimum atomic E-state index is -3.62. The van der Waals surface area contributed by atoms with Crippen molar-refractivity contribution in [2.24, 2.45) is 0 Å². The number of hydrogen-bond donors (Lipinski definition) is 0. The summed E-state index contributed by atoms with van der Waals surface area (Å²) in [5.74, 6) is 0. The molecule has 0 aliphatic heterocycles. The first kappa shape index (κ1) is 9.32. The van der Waals surface area contributed by atoms with Crippen molar-refractivity contribution in [2.75, 3.05) is 0 Å². The van der Waals surface area contributed by atoms with Gasteiger partial charge in [-0.2, -0.15) is 0 Å². The second-order valence-corrected chi connectivity index (χ2v) is 0.638. The van der Waals surface area contributed by atoms with E-state index in [9.17, 15) is 4.20 Å². The van der Waals surface area contributed by atoms with Crippen molar-refractivity contribution in [1.82, 2.24) is 0 Å². The Morgan fingerprint density at radius 3 is 1.40 bits per heavy atom. The molecule has 0 bridgehead atoms. The summed E-state index contributed by atoms with van der Waals surface area (Å²) in [6, 6.07) is 0. The fourth-order valence-corrected chi connectivity index (χ4v) is 0. The Kier molecular flexibility index (Phi) is 9.14. The smallest absolute Gasteiger partial charge is 0.816 e. The van der Waals surface area contributed by atoms with Gasteiger partial charge in [-0.1, -0.05) is 0 Å². The van der Waals surface area contributed by atoms with Gasteiger partial charge in [-0.25, -0.2) is 0 Å². The Balaban J connectivity index is 0. The van der Waals surface area contributed by atoms with E-state index >= 15 is 0 Å². The molecule has 2 nitrogen and oxygen atoms in total. The zero-order valence-electron chi connectivity index (χ0n) is 2.35. The number of hydrogen-bond acceptors (Lipinski definition) is 2. The second-order valence-electron chi connectivity index (χ2n) is 0.213. The van der Waals surface area contributed by atoms with Crippen LogP contribution < -0.4 is 9.79 Å². The van der Waals surface area contributed by atoms with Crippen LogP contribution in [0.4, 0.5) is 4.20 Å². The third kappa shape index (κ3) is 50.6. The molecule has 0 spiro atoms. The molecule has 0 saturated heterocycles. The average molecular weight is 147 g/mol. The molecule has 0 radical (unpaired) electrons. The van der Waals surface area contributed by atoms with Gasteiger partial charge in [0, 0.05) is 0 Å². The Hall–Kier alpha value is 0.903. The summed E-state index contributed by atoms with van der Waals surface area (Å²) < 4.78 is 9.95. The zero-order valence-corrected chi connectivity index (χ0v) is 6.21. The van der Waals surface area contributed by atoms with Crippen LogP contribution in [-0.2, 0) is 19.5 Å². The molecule has 0 heterocycles. The molecule has 26 valence electrons. The zero-order chi connectivity index (χ0) is 3.58. The van der Waals surface area contributed by atoms with E-state index in [-0.39, 0.29) is 19.5 Å². The van der Waals surface area contributed by atoms with Crippen molar-refractivity contribution in [2.45, 2.75) is 0 Å². The number of rotatable bonds is 0. The maximum atomic E-state index is 9.95. The van der Waals surface area contributed by atoms with E-state index in [1.807, 2.05) is 0 Å². The van der Waals surface area contributed by atoms with Crippen molar-refractivity contribution in [3.63, 3.8) is 0 Å². The van der Waals surface area contributed by atoms with E-state index in [1.54, 1.807) is 0 Å². The summed E-state index contributed by atoms with van der Waals surface area (Å²) in [5, 5.41) is 0. The minimum absolute atomic E-state index is 0. The summed E-state index contributed by atoms with van der Waals surface area (Å²) >= 11 is 0. The molecule has 0 unspecified atom stereocenters. The van der Waals surface area contributed by atoms with E-state index < -0.39 is 8.69 Å². The topological polar surface area (TPSA) is 46.1 Å². The molecule has 0 amide bonds. The van der Waals surface area contributed by atoms with Gasteiger partial charge in [-0.05, 0) is 0 Å². The minimum Gasteiger partial charge on any atom is -0.816 e. The molecule has 0 N–H and O–H groups in total. The molecule has 0 atom stereocenters. The van der Waals surface area contributed by atoms with Gasteiger partial charge in [0.1, 0.15) is 0 Å². The van der Waals surface area contributed by atoms with Crippen LogP contribution in [0.25, 0.3) is 0 Å². The first-order chi connectivity index (χ1) is 1.73. The van der Waals surface area contributed by atoms with E-state index in [4.69, 9.17) is 9.79 Å². The normalized spacial score (nSPS) is 7.20. The molecule has 0 saturated carbocycles. The monoisotopic (exact) mass is 146 g/mol. The van der Waals surface area contributed by atoms with Gasteiger partial charge in [0.15, 0.2) is 0 Å². The molecule has 0 aromatic rings. The predicted octanol–water partition coefficient (Wildman–Crippen LogP) is -1.10. The van der Waals surface area contributed by atoms with Crippen LogP contribution in [0.2, 0.25) is 0 Å².